The lowest BCUT2D eigenvalue weighted by Gasteiger charge is -2.35. The molecule has 1 amide bonds. The Morgan fingerprint density at radius 1 is 1.56 bits per heavy atom. The smallest absolute Gasteiger partial charge is 0.223 e. The van der Waals surface area contributed by atoms with Crippen LogP contribution in [0.2, 0.25) is 0 Å². The van der Waals surface area contributed by atoms with Crippen LogP contribution >= 0.6 is 11.3 Å². The molecule has 2 rings (SSSR count). The van der Waals surface area contributed by atoms with Gasteiger partial charge in [-0.3, -0.25) is 9.69 Å². The first-order chi connectivity index (χ1) is 8.63. The van der Waals surface area contributed by atoms with Gasteiger partial charge >= 0.3 is 0 Å². The van der Waals surface area contributed by atoms with E-state index in [1.54, 1.807) is 4.90 Å². The summed E-state index contributed by atoms with van der Waals surface area (Å²) in [6, 6.07) is 2.77. The Morgan fingerprint density at radius 3 is 3.00 bits per heavy atom. The van der Waals surface area contributed by atoms with E-state index in [9.17, 15) is 4.79 Å². The molecule has 0 radical (unpaired) electrons. The molecule has 2 heterocycles. The van der Waals surface area contributed by atoms with Crippen LogP contribution in [0.3, 0.4) is 0 Å². The van der Waals surface area contributed by atoms with Crippen molar-refractivity contribution < 1.29 is 4.79 Å². The molecule has 3 nitrogen and oxygen atoms in total. The van der Waals surface area contributed by atoms with Gasteiger partial charge in [0.15, 0.2) is 0 Å². The minimum atomic E-state index is 0.223. The lowest BCUT2D eigenvalue weighted by molar-refractivity contribution is -0.129. The van der Waals surface area contributed by atoms with Gasteiger partial charge < -0.3 is 4.90 Å². The van der Waals surface area contributed by atoms with E-state index in [0.717, 1.165) is 25.9 Å². The Morgan fingerprint density at radius 2 is 2.33 bits per heavy atom. The molecule has 0 spiro atoms. The van der Waals surface area contributed by atoms with Crippen molar-refractivity contribution in [3.8, 4) is 0 Å². The highest BCUT2D eigenvalue weighted by atomic mass is 32.1. The van der Waals surface area contributed by atoms with Gasteiger partial charge in [-0.2, -0.15) is 0 Å². The molecule has 0 saturated heterocycles. The van der Waals surface area contributed by atoms with E-state index in [1.807, 2.05) is 25.4 Å². The predicted molar refractivity (Wildman–Crippen MR) is 75.9 cm³/mol. The molecule has 1 aromatic heterocycles. The van der Waals surface area contributed by atoms with Crippen molar-refractivity contribution in [1.29, 1.82) is 0 Å². The highest BCUT2D eigenvalue weighted by Gasteiger charge is 2.26. The first kappa shape index (κ1) is 13.6. The number of rotatable bonds is 4. The summed E-state index contributed by atoms with van der Waals surface area (Å²) in [5.41, 5.74) is 1.49. The lowest BCUT2D eigenvalue weighted by atomic mass is 9.97. The second-order valence-corrected chi connectivity index (χ2v) is 6.05. The summed E-state index contributed by atoms with van der Waals surface area (Å²) in [6.07, 6.45) is 2.89. The first-order valence-corrected chi connectivity index (χ1v) is 7.52. The van der Waals surface area contributed by atoms with E-state index >= 15 is 0 Å². The molecule has 1 aliphatic heterocycles. The third-order valence-corrected chi connectivity index (χ3v) is 4.70. The summed E-state index contributed by atoms with van der Waals surface area (Å²) in [5, 5.41) is 2.20. The summed E-state index contributed by atoms with van der Waals surface area (Å²) in [5.74, 6) is 0.223. The number of thiophene rings is 1. The SMILES string of the molecule is CC[C@@H]1c2ccsc2CCN1CCC(=O)N(C)C. The maximum atomic E-state index is 11.7. The third kappa shape index (κ3) is 2.75. The zero-order valence-corrected chi connectivity index (χ0v) is 12.3. The summed E-state index contributed by atoms with van der Waals surface area (Å²) >= 11 is 1.87. The normalized spacial score (nSPS) is 19.6. The van der Waals surface area contributed by atoms with Crippen LogP contribution in [-0.2, 0) is 11.2 Å². The zero-order valence-electron chi connectivity index (χ0n) is 11.5. The highest BCUT2D eigenvalue weighted by molar-refractivity contribution is 7.10. The Kier molecular flexibility index (Phi) is 4.40. The molecule has 0 N–H and O–H groups in total. The highest BCUT2D eigenvalue weighted by Crippen LogP contribution is 2.35. The van der Waals surface area contributed by atoms with Crippen LogP contribution < -0.4 is 0 Å². The fraction of sp³-hybridized carbons (Fsp3) is 0.643. The van der Waals surface area contributed by atoms with E-state index in [0.29, 0.717) is 12.5 Å². The number of amides is 1. The fourth-order valence-corrected chi connectivity index (χ4v) is 3.59. The monoisotopic (exact) mass is 266 g/mol. The van der Waals surface area contributed by atoms with Crippen molar-refractivity contribution in [2.75, 3.05) is 27.2 Å². The predicted octanol–water partition coefficient (Wildman–Crippen LogP) is 2.54. The number of hydrogen-bond acceptors (Lipinski definition) is 3. The molecular weight excluding hydrogens is 244 g/mol. The molecule has 0 aromatic carbocycles. The van der Waals surface area contributed by atoms with Gasteiger partial charge in [-0.25, -0.2) is 0 Å². The average Bonchev–Trinajstić information content (AvgIpc) is 2.83. The number of nitrogens with zero attached hydrogens (tertiary/aromatic N) is 2. The van der Waals surface area contributed by atoms with Crippen LogP contribution in [0, 0.1) is 0 Å². The van der Waals surface area contributed by atoms with Gasteiger partial charge in [0, 0.05) is 44.5 Å². The van der Waals surface area contributed by atoms with Crippen LogP contribution in [0.1, 0.15) is 36.2 Å². The summed E-state index contributed by atoms with van der Waals surface area (Å²) in [7, 11) is 3.65. The van der Waals surface area contributed by atoms with Gasteiger partial charge in [0.1, 0.15) is 0 Å². The molecule has 0 unspecified atom stereocenters. The van der Waals surface area contributed by atoms with Crippen molar-refractivity contribution in [3.05, 3.63) is 21.9 Å². The van der Waals surface area contributed by atoms with Crippen molar-refractivity contribution in [1.82, 2.24) is 9.80 Å². The Balaban J connectivity index is 2.00. The molecule has 1 atom stereocenters. The molecule has 4 heteroatoms. The van der Waals surface area contributed by atoms with E-state index in [2.05, 4.69) is 23.3 Å². The Hall–Kier alpha value is -0.870. The van der Waals surface area contributed by atoms with Crippen molar-refractivity contribution in [2.24, 2.45) is 0 Å². The van der Waals surface area contributed by atoms with Crippen LogP contribution in [0.15, 0.2) is 11.4 Å². The second-order valence-electron chi connectivity index (χ2n) is 5.05. The average molecular weight is 266 g/mol. The molecule has 1 aliphatic rings. The van der Waals surface area contributed by atoms with Gasteiger partial charge in [-0.1, -0.05) is 6.92 Å². The minimum absolute atomic E-state index is 0.223. The van der Waals surface area contributed by atoms with E-state index in [1.165, 1.54) is 10.4 Å². The van der Waals surface area contributed by atoms with Crippen molar-refractivity contribution in [2.45, 2.75) is 32.2 Å². The molecule has 0 saturated carbocycles. The van der Waals surface area contributed by atoms with Crippen molar-refractivity contribution >= 4 is 17.2 Å². The maximum absolute atomic E-state index is 11.7. The lowest BCUT2D eigenvalue weighted by Crippen LogP contribution is -2.37. The molecule has 1 aromatic rings. The summed E-state index contributed by atoms with van der Waals surface area (Å²) < 4.78 is 0. The first-order valence-electron chi connectivity index (χ1n) is 6.64. The molecule has 0 fully saturated rings. The Labute approximate surface area is 113 Å². The second kappa shape index (κ2) is 5.85. The summed E-state index contributed by atoms with van der Waals surface area (Å²) in [4.78, 5) is 17.4. The topological polar surface area (TPSA) is 23.6 Å². The molecule has 0 bridgehead atoms. The Bertz CT molecular complexity index is 414. The van der Waals surface area contributed by atoms with E-state index < -0.39 is 0 Å². The van der Waals surface area contributed by atoms with Gasteiger partial charge in [-0.05, 0) is 29.9 Å². The van der Waals surface area contributed by atoms with Crippen LogP contribution in [-0.4, -0.2) is 42.9 Å². The van der Waals surface area contributed by atoms with E-state index in [-0.39, 0.29) is 5.91 Å². The van der Waals surface area contributed by atoms with Gasteiger partial charge in [0.2, 0.25) is 5.91 Å². The largest absolute Gasteiger partial charge is 0.349 e. The fourth-order valence-electron chi connectivity index (χ4n) is 2.66. The van der Waals surface area contributed by atoms with Crippen LogP contribution in [0.25, 0.3) is 0 Å². The zero-order chi connectivity index (χ0) is 13.1. The number of fused-ring (bicyclic) bond motifs is 1. The quantitative estimate of drug-likeness (QED) is 0.836. The minimum Gasteiger partial charge on any atom is -0.349 e. The number of carbonyl (C=O) groups excluding carboxylic acids is 1. The van der Waals surface area contributed by atoms with E-state index in [4.69, 9.17) is 0 Å². The van der Waals surface area contributed by atoms with Crippen LogP contribution in [0.4, 0.5) is 0 Å². The van der Waals surface area contributed by atoms with Crippen LogP contribution in [0.5, 0.6) is 0 Å². The van der Waals surface area contributed by atoms with Gasteiger partial charge in [0.25, 0.3) is 0 Å². The standard InChI is InChI=1S/C14H22N2OS/c1-4-12-11-7-10-18-13(11)5-8-16(12)9-6-14(17)15(2)3/h7,10,12H,4-6,8-9H2,1-3H3/t12-/m1/s1. The summed E-state index contributed by atoms with van der Waals surface area (Å²) in [6.45, 7) is 4.20. The maximum Gasteiger partial charge on any atom is 0.223 e. The van der Waals surface area contributed by atoms with Gasteiger partial charge in [-0.15, -0.1) is 11.3 Å². The molecule has 18 heavy (non-hydrogen) atoms. The van der Waals surface area contributed by atoms with Gasteiger partial charge in [0.05, 0.1) is 0 Å². The molecule has 0 aliphatic carbocycles. The number of carbonyl (C=O) groups is 1. The third-order valence-electron chi connectivity index (χ3n) is 3.70. The molecule has 100 valence electrons. The number of hydrogen-bond donors (Lipinski definition) is 0. The molecular formula is C14H22N2OS. The van der Waals surface area contributed by atoms with Crippen molar-refractivity contribution in [3.63, 3.8) is 0 Å².